The van der Waals surface area contributed by atoms with E-state index in [1.54, 1.807) is 4.90 Å². The number of amides is 1. The number of alkyl halides is 3. The highest BCUT2D eigenvalue weighted by molar-refractivity contribution is 6.30. The van der Waals surface area contributed by atoms with Gasteiger partial charge in [0, 0.05) is 49.0 Å². The predicted molar refractivity (Wildman–Crippen MR) is 110 cm³/mol. The number of benzene rings is 2. The summed E-state index contributed by atoms with van der Waals surface area (Å²) in [6.07, 6.45) is -4.43. The molecule has 0 unspecified atom stereocenters. The Balaban J connectivity index is 1.42. The van der Waals surface area contributed by atoms with Crippen molar-refractivity contribution >= 4 is 29.2 Å². The van der Waals surface area contributed by atoms with Gasteiger partial charge in [0.2, 0.25) is 5.96 Å². The van der Waals surface area contributed by atoms with E-state index in [1.165, 1.54) is 12.1 Å². The number of hydrogen-bond donors (Lipinski definition) is 0. The minimum absolute atomic E-state index is 0.218. The van der Waals surface area contributed by atoms with Crippen molar-refractivity contribution in [2.45, 2.75) is 6.18 Å². The molecule has 9 heteroatoms. The monoisotopic (exact) mass is 436 g/mol. The van der Waals surface area contributed by atoms with Gasteiger partial charge < -0.3 is 9.80 Å². The van der Waals surface area contributed by atoms with Crippen LogP contribution >= 0.6 is 11.6 Å². The molecule has 5 nitrogen and oxygen atoms in total. The fraction of sp³-hybridized carbons (Fsp3) is 0.333. The normalized spacial score (nSPS) is 17.3. The van der Waals surface area contributed by atoms with Crippen molar-refractivity contribution < 1.29 is 18.0 Å². The molecule has 0 aromatic heterocycles. The van der Waals surface area contributed by atoms with Crippen molar-refractivity contribution in [3.8, 4) is 0 Å². The maximum atomic E-state index is 12.9. The zero-order valence-corrected chi connectivity index (χ0v) is 16.8. The zero-order valence-electron chi connectivity index (χ0n) is 16.1. The van der Waals surface area contributed by atoms with Crippen LogP contribution in [0.15, 0.2) is 53.5 Å². The van der Waals surface area contributed by atoms with Gasteiger partial charge in [-0.1, -0.05) is 17.7 Å². The van der Waals surface area contributed by atoms with Crippen molar-refractivity contribution in [3.05, 3.63) is 64.7 Å². The molecule has 0 saturated carbocycles. The van der Waals surface area contributed by atoms with Crippen molar-refractivity contribution in [1.29, 1.82) is 0 Å². The maximum Gasteiger partial charge on any atom is 0.416 e. The van der Waals surface area contributed by atoms with Gasteiger partial charge in [0.05, 0.1) is 12.1 Å². The quantitative estimate of drug-likeness (QED) is 0.714. The Morgan fingerprint density at radius 3 is 2.23 bits per heavy atom. The molecule has 1 amide bonds. The number of anilines is 1. The van der Waals surface area contributed by atoms with Crippen LogP contribution in [0.25, 0.3) is 0 Å². The first-order valence-corrected chi connectivity index (χ1v) is 10.00. The number of guanidine groups is 1. The first-order valence-electron chi connectivity index (χ1n) is 9.62. The molecule has 0 aliphatic carbocycles. The number of piperazine rings is 1. The van der Waals surface area contributed by atoms with Crippen molar-refractivity contribution in [3.63, 3.8) is 0 Å². The van der Waals surface area contributed by atoms with Gasteiger partial charge in [-0.15, -0.1) is 0 Å². The molecule has 2 aliphatic rings. The Bertz CT molecular complexity index is 953. The molecule has 1 saturated heterocycles. The van der Waals surface area contributed by atoms with E-state index in [9.17, 15) is 18.0 Å². The van der Waals surface area contributed by atoms with E-state index in [0.29, 0.717) is 37.2 Å². The van der Waals surface area contributed by atoms with E-state index < -0.39 is 11.7 Å². The molecule has 0 N–H and O–H groups in total. The van der Waals surface area contributed by atoms with E-state index in [1.807, 2.05) is 24.3 Å². The molecule has 0 spiro atoms. The molecule has 0 atom stereocenters. The third kappa shape index (κ3) is 4.23. The molecule has 158 valence electrons. The first kappa shape index (κ1) is 20.5. The fourth-order valence-electron chi connectivity index (χ4n) is 3.69. The van der Waals surface area contributed by atoms with E-state index >= 15 is 0 Å². The van der Waals surface area contributed by atoms with Gasteiger partial charge >= 0.3 is 6.18 Å². The van der Waals surface area contributed by atoms with Crippen LogP contribution in [0.4, 0.5) is 18.9 Å². The summed E-state index contributed by atoms with van der Waals surface area (Å²) >= 11 is 6.08. The Kier molecular flexibility index (Phi) is 5.60. The van der Waals surface area contributed by atoms with Gasteiger partial charge in [-0.2, -0.15) is 13.2 Å². The second-order valence-corrected chi connectivity index (χ2v) is 7.60. The smallest absolute Gasteiger partial charge is 0.368 e. The minimum atomic E-state index is -4.43. The van der Waals surface area contributed by atoms with Crippen LogP contribution in [-0.2, 0) is 6.18 Å². The number of carbonyl (C=O) groups is 1. The Morgan fingerprint density at radius 1 is 0.933 bits per heavy atom. The highest BCUT2D eigenvalue weighted by Crippen LogP contribution is 2.29. The predicted octanol–water partition coefficient (Wildman–Crippen LogP) is 3.99. The zero-order chi connectivity index (χ0) is 21.3. The van der Waals surface area contributed by atoms with Crippen LogP contribution in [0.3, 0.4) is 0 Å². The molecule has 4 rings (SSSR count). The van der Waals surface area contributed by atoms with Gasteiger partial charge in [-0.25, -0.2) is 0 Å². The number of nitrogens with zero attached hydrogens (tertiary/aromatic N) is 4. The number of rotatable bonds is 2. The van der Waals surface area contributed by atoms with E-state index in [4.69, 9.17) is 11.6 Å². The summed E-state index contributed by atoms with van der Waals surface area (Å²) in [5.74, 6) is 0.253. The summed E-state index contributed by atoms with van der Waals surface area (Å²) in [5.41, 5.74) is 0.495. The van der Waals surface area contributed by atoms with E-state index in [2.05, 4.69) is 14.8 Å². The van der Waals surface area contributed by atoms with Gasteiger partial charge in [-0.05, 0) is 42.5 Å². The molecule has 2 heterocycles. The number of carbonyl (C=O) groups excluding carboxylic acids is 1. The average molecular weight is 437 g/mol. The van der Waals surface area contributed by atoms with Crippen LogP contribution in [0.5, 0.6) is 0 Å². The van der Waals surface area contributed by atoms with Gasteiger partial charge in [0.1, 0.15) is 0 Å². The van der Waals surface area contributed by atoms with Crippen LogP contribution < -0.4 is 4.90 Å². The molecule has 2 aliphatic heterocycles. The Hall–Kier alpha value is -2.74. The lowest BCUT2D eigenvalue weighted by Gasteiger charge is -2.38. The van der Waals surface area contributed by atoms with Crippen LogP contribution in [-0.4, -0.2) is 60.9 Å². The highest BCUT2D eigenvalue weighted by Gasteiger charge is 2.33. The fourth-order valence-corrected chi connectivity index (χ4v) is 3.88. The van der Waals surface area contributed by atoms with Crippen molar-refractivity contribution in [2.24, 2.45) is 4.99 Å². The molecule has 2 aromatic carbocycles. The summed E-state index contributed by atoms with van der Waals surface area (Å²) in [7, 11) is 0. The standard InChI is InChI=1S/C21H20ClF3N4O/c22-17-2-1-3-18(14-17)27-10-12-28(13-11-27)20-26-8-9-29(20)19(30)15-4-6-16(7-5-15)21(23,24)25/h1-7,14H,8-13H2. The molecule has 30 heavy (non-hydrogen) atoms. The molecule has 1 fully saturated rings. The summed E-state index contributed by atoms with van der Waals surface area (Å²) in [6, 6.07) is 12.0. The minimum Gasteiger partial charge on any atom is -0.368 e. The molecular formula is C21H20ClF3N4O. The summed E-state index contributed by atoms with van der Waals surface area (Å²) < 4.78 is 38.3. The second kappa shape index (κ2) is 8.18. The number of aliphatic imine (C=N–C) groups is 1. The van der Waals surface area contributed by atoms with Gasteiger partial charge in [0.25, 0.3) is 5.91 Å². The van der Waals surface area contributed by atoms with Crippen LogP contribution in [0, 0.1) is 0 Å². The molecular weight excluding hydrogens is 417 g/mol. The lowest BCUT2D eigenvalue weighted by Crippen LogP contribution is -2.53. The van der Waals surface area contributed by atoms with Crippen molar-refractivity contribution in [2.75, 3.05) is 44.2 Å². The largest absolute Gasteiger partial charge is 0.416 e. The third-order valence-electron chi connectivity index (χ3n) is 5.26. The summed E-state index contributed by atoms with van der Waals surface area (Å²) in [6.45, 7) is 3.77. The maximum absolute atomic E-state index is 12.9. The SMILES string of the molecule is O=C(c1ccc(C(F)(F)F)cc1)N1CCN=C1N1CCN(c2cccc(Cl)c2)CC1. The average Bonchev–Trinajstić information content (AvgIpc) is 3.23. The molecule has 0 radical (unpaired) electrons. The first-order chi connectivity index (χ1) is 14.3. The van der Waals surface area contributed by atoms with Crippen LogP contribution in [0.1, 0.15) is 15.9 Å². The van der Waals surface area contributed by atoms with Crippen LogP contribution in [0.2, 0.25) is 5.02 Å². The second-order valence-electron chi connectivity index (χ2n) is 7.17. The van der Waals surface area contributed by atoms with Crippen molar-refractivity contribution in [1.82, 2.24) is 9.80 Å². The van der Waals surface area contributed by atoms with Gasteiger partial charge in [-0.3, -0.25) is 14.7 Å². The topological polar surface area (TPSA) is 39.2 Å². The number of hydrogen-bond acceptors (Lipinski definition) is 4. The van der Waals surface area contributed by atoms with Gasteiger partial charge in [0.15, 0.2) is 0 Å². The lowest BCUT2D eigenvalue weighted by molar-refractivity contribution is -0.137. The summed E-state index contributed by atoms with van der Waals surface area (Å²) in [5, 5.41) is 0.684. The Labute approximate surface area is 177 Å². The third-order valence-corrected chi connectivity index (χ3v) is 5.49. The molecule has 2 aromatic rings. The van der Waals surface area contributed by atoms with E-state index in [-0.39, 0.29) is 11.5 Å². The Morgan fingerprint density at radius 2 is 1.60 bits per heavy atom. The number of halogens is 4. The lowest BCUT2D eigenvalue weighted by atomic mass is 10.1. The van der Waals surface area contributed by atoms with E-state index in [0.717, 1.165) is 30.9 Å². The molecule has 0 bridgehead atoms. The summed E-state index contributed by atoms with van der Waals surface area (Å²) in [4.78, 5) is 23.2. The highest BCUT2D eigenvalue weighted by atomic mass is 35.5.